The summed E-state index contributed by atoms with van der Waals surface area (Å²) in [5.74, 6) is 0.611. The Bertz CT molecular complexity index is 432. The lowest BCUT2D eigenvalue weighted by Gasteiger charge is -2.07. The average Bonchev–Trinajstić information content (AvgIpc) is 3.12. The second-order valence-electron chi connectivity index (χ2n) is 3.84. The van der Waals surface area contributed by atoms with Gasteiger partial charge in [0.2, 0.25) is 0 Å². The van der Waals surface area contributed by atoms with Crippen molar-refractivity contribution < 1.29 is 9.53 Å². The third-order valence-electron chi connectivity index (χ3n) is 2.33. The first-order valence-corrected chi connectivity index (χ1v) is 5.45. The molecule has 0 radical (unpaired) electrons. The zero-order valence-corrected chi connectivity index (χ0v) is 9.27. The molecule has 88 valence electrons. The predicted octanol–water partition coefficient (Wildman–Crippen LogP) is 1.87. The second-order valence-corrected chi connectivity index (χ2v) is 3.84. The summed E-state index contributed by atoms with van der Waals surface area (Å²) in [6.45, 7) is 0.0228. The Labute approximate surface area is 99.4 Å². The Morgan fingerprint density at radius 2 is 2.12 bits per heavy atom. The number of amides is 2. The van der Waals surface area contributed by atoms with Crippen molar-refractivity contribution in [2.24, 2.45) is 0 Å². The topological polar surface area (TPSA) is 74.1 Å². The Morgan fingerprint density at radius 1 is 1.41 bits per heavy atom. The molecule has 0 heterocycles. The van der Waals surface area contributed by atoms with Crippen molar-refractivity contribution in [2.45, 2.75) is 18.9 Å². The van der Waals surface area contributed by atoms with E-state index in [-0.39, 0.29) is 12.6 Å². The van der Waals surface area contributed by atoms with E-state index < -0.39 is 0 Å². The summed E-state index contributed by atoms with van der Waals surface area (Å²) in [4.78, 5) is 11.4. The van der Waals surface area contributed by atoms with Crippen LogP contribution in [0.2, 0.25) is 0 Å². The Hall–Kier alpha value is -2.22. The van der Waals surface area contributed by atoms with Gasteiger partial charge in [-0.1, -0.05) is 0 Å². The second kappa shape index (κ2) is 5.21. The number of benzene rings is 1. The number of carbonyl (C=O) groups excluding carboxylic acids is 1. The van der Waals surface area contributed by atoms with Crippen LogP contribution in [0.5, 0.6) is 5.75 Å². The number of ether oxygens (including phenoxy) is 1. The monoisotopic (exact) mass is 231 g/mol. The molecule has 0 bridgehead atoms. The van der Waals surface area contributed by atoms with E-state index in [1.165, 1.54) is 0 Å². The zero-order chi connectivity index (χ0) is 12.1. The molecule has 17 heavy (non-hydrogen) atoms. The molecule has 0 unspecified atom stereocenters. The van der Waals surface area contributed by atoms with Gasteiger partial charge in [0.05, 0.1) is 0 Å². The van der Waals surface area contributed by atoms with Crippen molar-refractivity contribution in [1.82, 2.24) is 5.32 Å². The molecule has 2 N–H and O–H groups in total. The molecule has 5 heteroatoms. The van der Waals surface area contributed by atoms with Crippen LogP contribution in [0.15, 0.2) is 24.3 Å². The van der Waals surface area contributed by atoms with E-state index in [2.05, 4.69) is 10.6 Å². The number of carbonyl (C=O) groups is 1. The number of rotatable bonds is 4. The van der Waals surface area contributed by atoms with Crippen LogP contribution in [0.4, 0.5) is 10.5 Å². The number of urea groups is 1. The molecule has 0 spiro atoms. The Morgan fingerprint density at radius 3 is 2.71 bits per heavy atom. The molecule has 2 amide bonds. The number of hydrogen-bond acceptors (Lipinski definition) is 3. The molecular formula is C12H13N3O2. The molecule has 1 saturated carbocycles. The third kappa shape index (κ3) is 3.68. The molecule has 1 aliphatic rings. The molecule has 0 saturated heterocycles. The van der Waals surface area contributed by atoms with Crippen LogP contribution in [-0.4, -0.2) is 18.7 Å². The van der Waals surface area contributed by atoms with Crippen LogP contribution in [-0.2, 0) is 0 Å². The summed E-state index contributed by atoms with van der Waals surface area (Å²) in [6, 6.07) is 8.94. The van der Waals surface area contributed by atoms with Gasteiger partial charge in [-0.3, -0.25) is 0 Å². The van der Waals surface area contributed by atoms with Crippen molar-refractivity contribution in [3.05, 3.63) is 24.3 Å². The van der Waals surface area contributed by atoms with Gasteiger partial charge in [-0.15, -0.1) is 0 Å². The summed E-state index contributed by atoms with van der Waals surface area (Å²) in [6.07, 6.45) is 2.13. The Kier molecular flexibility index (Phi) is 3.46. The molecule has 2 rings (SSSR count). The highest BCUT2D eigenvalue weighted by molar-refractivity contribution is 5.89. The highest BCUT2D eigenvalue weighted by Crippen LogP contribution is 2.19. The van der Waals surface area contributed by atoms with E-state index in [4.69, 9.17) is 10.00 Å². The maximum Gasteiger partial charge on any atom is 0.319 e. The molecule has 0 aliphatic heterocycles. The maximum absolute atomic E-state index is 11.4. The lowest BCUT2D eigenvalue weighted by atomic mass is 10.3. The first-order chi connectivity index (χ1) is 8.28. The van der Waals surface area contributed by atoms with Crippen LogP contribution in [0, 0.1) is 11.3 Å². The smallest absolute Gasteiger partial charge is 0.319 e. The Balaban J connectivity index is 1.84. The van der Waals surface area contributed by atoms with Gasteiger partial charge in [0.25, 0.3) is 0 Å². The van der Waals surface area contributed by atoms with Crippen molar-refractivity contribution in [3.8, 4) is 11.8 Å². The van der Waals surface area contributed by atoms with E-state index in [0.29, 0.717) is 17.5 Å². The van der Waals surface area contributed by atoms with Gasteiger partial charge < -0.3 is 15.4 Å². The van der Waals surface area contributed by atoms with Gasteiger partial charge in [-0.05, 0) is 37.1 Å². The number of nitrogens with one attached hydrogen (secondary N) is 2. The number of anilines is 1. The van der Waals surface area contributed by atoms with Crippen LogP contribution < -0.4 is 15.4 Å². The van der Waals surface area contributed by atoms with E-state index in [1.54, 1.807) is 24.3 Å². The summed E-state index contributed by atoms with van der Waals surface area (Å²) < 4.78 is 5.10. The van der Waals surface area contributed by atoms with Crippen LogP contribution in [0.3, 0.4) is 0 Å². The van der Waals surface area contributed by atoms with Gasteiger partial charge in [0.1, 0.15) is 11.8 Å². The molecule has 1 fully saturated rings. The summed E-state index contributed by atoms with van der Waals surface area (Å²) in [7, 11) is 0. The quantitative estimate of drug-likeness (QED) is 0.830. The molecule has 0 atom stereocenters. The summed E-state index contributed by atoms with van der Waals surface area (Å²) >= 11 is 0. The fraction of sp³-hybridized carbons (Fsp3) is 0.333. The van der Waals surface area contributed by atoms with Gasteiger partial charge in [-0.25, -0.2) is 4.79 Å². The molecule has 0 aromatic heterocycles. The maximum atomic E-state index is 11.4. The van der Waals surface area contributed by atoms with Gasteiger partial charge in [0.15, 0.2) is 6.61 Å². The minimum absolute atomic E-state index is 0.0228. The van der Waals surface area contributed by atoms with Crippen molar-refractivity contribution >= 4 is 11.7 Å². The van der Waals surface area contributed by atoms with Gasteiger partial charge in [0, 0.05) is 11.7 Å². The first kappa shape index (κ1) is 11.3. The van der Waals surface area contributed by atoms with Crippen LogP contribution >= 0.6 is 0 Å². The van der Waals surface area contributed by atoms with E-state index in [0.717, 1.165) is 12.8 Å². The lowest BCUT2D eigenvalue weighted by molar-refractivity contribution is 0.251. The average molecular weight is 231 g/mol. The van der Waals surface area contributed by atoms with E-state index in [9.17, 15) is 4.79 Å². The lowest BCUT2D eigenvalue weighted by Crippen LogP contribution is -2.30. The highest BCUT2D eigenvalue weighted by atomic mass is 16.5. The van der Waals surface area contributed by atoms with Crippen LogP contribution in [0.1, 0.15) is 12.8 Å². The zero-order valence-electron chi connectivity index (χ0n) is 9.27. The fourth-order valence-electron chi connectivity index (χ4n) is 1.33. The number of hydrogen-bond donors (Lipinski definition) is 2. The SMILES string of the molecule is N#CCOc1ccc(NC(=O)NC2CC2)cc1. The molecule has 1 aliphatic carbocycles. The molecule has 1 aromatic carbocycles. The molecular weight excluding hydrogens is 218 g/mol. The van der Waals surface area contributed by atoms with Crippen molar-refractivity contribution in [2.75, 3.05) is 11.9 Å². The molecule has 1 aromatic rings. The minimum Gasteiger partial charge on any atom is -0.479 e. The van der Waals surface area contributed by atoms with E-state index in [1.807, 2.05) is 6.07 Å². The highest BCUT2D eigenvalue weighted by Gasteiger charge is 2.23. The summed E-state index contributed by atoms with van der Waals surface area (Å²) in [5.41, 5.74) is 0.701. The fourth-order valence-corrected chi connectivity index (χ4v) is 1.33. The molecule has 5 nitrogen and oxygen atoms in total. The van der Waals surface area contributed by atoms with Gasteiger partial charge in [-0.2, -0.15) is 5.26 Å². The van der Waals surface area contributed by atoms with Gasteiger partial charge >= 0.3 is 6.03 Å². The van der Waals surface area contributed by atoms with E-state index >= 15 is 0 Å². The summed E-state index contributed by atoms with van der Waals surface area (Å²) in [5, 5.41) is 13.9. The third-order valence-corrected chi connectivity index (χ3v) is 2.33. The standard InChI is InChI=1S/C12H13N3O2/c13-7-8-17-11-5-3-10(4-6-11)15-12(16)14-9-1-2-9/h3-6,9H,1-2,8H2,(H2,14,15,16). The number of nitriles is 1. The first-order valence-electron chi connectivity index (χ1n) is 5.45. The minimum atomic E-state index is -0.182. The largest absolute Gasteiger partial charge is 0.479 e. The normalized spacial score (nSPS) is 13.6. The van der Waals surface area contributed by atoms with Crippen molar-refractivity contribution in [1.29, 1.82) is 5.26 Å². The van der Waals surface area contributed by atoms with Crippen LogP contribution in [0.25, 0.3) is 0 Å². The van der Waals surface area contributed by atoms with Crippen molar-refractivity contribution in [3.63, 3.8) is 0 Å². The number of nitrogens with zero attached hydrogens (tertiary/aromatic N) is 1. The predicted molar refractivity (Wildman–Crippen MR) is 62.7 cm³/mol.